The van der Waals surface area contributed by atoms with E-state index in [1.165, 1.54) is 11.1 Å². The van der Waals surface area contributed by atoms with Gasteiger partial charge in [0.1, 0.15) is 0 Å². The summed E-state index contributed by atoms with van der Waals surface area (Å²) in [6.45, 7) is 4.90. The number of terminal acetylenes is 1. The van der Waals surface area contributed by atoms with Gasteiger partial charge in [0.2, 0.25) is 0 Å². The highest BCUT2D eigenvalue weighted by molar-refractivity contribution is 5.21. The molecule has 74 valence electrons. The van der Waals surface area contributed by atoms with E-state index in [0.717, 1.165) is 6.42 Å². The molecule has 0 fully saturated rings. The molecule has 1 aromatic carbocycles. The summed E-state index contributed by atoms with van der Waals surface area (Å²) in [4.78, 5) is 0. The molecule has 1 unspecified atom stereocenters. The molecule has 1 heteroatoms. The Balaban J connectivity index is 2.44. The third-order valence-electron chi connectivity index (χ3n) is 2.22. The normalized spacial score (nSPS) is 12.1. The molecule has 1 rings (SSSR count). The maximum Gasteiger partial charge on any atom is 0.0575 e. The zero-order valence-electron chi connectivity index (χ0n) is 8.88. The van der Waals surface area contributed by atoms with Gasteiger partial charge in [0.05, 0.1) is 6.54 Å². The van der Waals surface area contributed by atoms with Gasteiger partial charge in [0.15, 0.2) is 0 Å². The van der Waals surface area contributed by atoms with E-state index in [9.17, 15) is 0 Å². The summed E-state index contributed by atoms with van der Waals surface area (Å²) < 4.78 is 0. The third kappa shape index (κ3) is 3.64. The fourth-order valence-corrected chi connectivity index (χ4v) is 1.38. The van der Waals surface area contributed by atoms with Crippen LogP contribution in [-0.4, -0.2) is 12.6 Å². The molecule has 1 atom stereocenters. The lowest BCUT2D eigenvalue weighted by atomic mass is 10.1. The van der Waals surface area contributed by atoms with Gasteiger partial charge in [0.25, 0.3) is 0 Å². The van der Waals surface area contributed by atoms with Crippen LogP contribution in [0.4, 0.5) is 0 Å². The molecular formula is C13H17N. The van der Waals surface area contributed by atoms with Gasteiger partial charge in [-0.3, -0.25) is 0 Å². The van der Waals surface area contributed by atoms with Crippen LogP contribution in [0.1, 0.15) is 18.1 Å². The lowest BCUT2D eigenvalue weighted by Gasteiger charge is -2.11. The fourth-order valence-electron chi connectivity index (χ4n) is 1.38. The second-order valence-corrected chi connectivity index (χ2v) is 3.68. The Kier molecular flexibility index (Phi) is 4.22. The number of hydrogen-bond donors (Lipinski definition) is 1. The highest BCUT2D eigenvalue weighted by atomic mass is 14.9. The lowest BCUT2D eigenvalue weighted by Crippen LogP contribution is -2.28. The Morgan fingerprint density at radius 3 is 2.57 bits per heavy atom. The van der Waals surface area contributed by atoms with E-state index >= 15 is 0 Å². The summed E-state index contributed by atoms with van der Waals surface area (Å²) in [5.74, 6) is 2.58. The van der Waals surface area contributed by atoms with Crippen LogP contribution >= 0.6 is 0 Å². The highest BCUT2D eigenvalue weighted by Gasteiger charge is 2.00. The van der Waals surface area contributed by atoms with E-state index in [2.05, 4.69) is 49.4 Å². The quantitative estimate of drug-likeness (QED) is 0.712. The van der Waals surface area contributed by atoms with Crippen LogP contribution < -0.4 is 5.32 Å². The van der Waals surface area contributed by atoms with Gasteiger partial charge in [-0.2, -0.15) is 0 Å². The standard InChI is InChI=1S/C13H17N/c1-4-9-14-12(3)10-13-7-5-11(2)6-8-13/h1,5-8,12,14H,9-10H2,2-3H3. The van der Waals surface area contributed by atoms with Crippen LogP contribution in [0.25, 0.3) is 0 Å². The van der Waals surface area contributed by atoms with Crippen molar-refractivity contribution in [3.8, 4) is 12.3 Å². The molecule has 0 aliphatic heterocycles. The molecule has 1 aromatic rings. The van der Waals surface area contributed by atoms with E-state index in [1.807, 2.05) is 0 Å². The Labute approximate surface area is 86.5 Å². The second kappa shape index (κ2) is 5.47. The Morgan fingerprint density at radius 1 is 1.36 bits per heavy atom. The maximum absolute atomic E-state index is 5.18. The summed E-state index contributed by atoms with van der Waals surface area (Å²) in [5.41, 5.74) is 2.66. The van der Waals surface area contributed by atoms with E-state index in [4.69, 9.17) is 6.42 Å². The van der Waals surface area contributed by atoms with Crippen molar-refractivity contribution in [3.63, 3.8) is 0 Å². The fraction of sp³-hybridized carbons (Fsp3) is 0.385. The molecule has 0 radical (unpaired) electrons. The summed E-state index contributed by atoms with van der Waals surface area (Å²) in [7, 11) is 0. The second-order valence-electron chi connectivity index (χ2n) is 3.68. The number of rotatable bonds is 4. The number of nitrogens with one attached hydrogen (secondary N) is 1. The minimum atomic E-state index is 0.439. The van der Waals surface area contributed by atoms with Crippen molar-refractivity contribution < 1.29 is 0 Å². The first-order chi connectivity index (χ1) is 6.72. The summed E-state index contributed by atoms with van der Waals surface area (Å²) in [6.07, 6.45) is 6.21. The molecule has 0 aliphatic carbocycles. The topological polar surface area (TPSA) is 12.0 Å². The molecule has 0 saturated heterocycles. The van der Waals surface area contributed by atoms with E-state index in [-0.39, 0.29) is 0 Å². The summed E-state index contributed by atoms with van der Waals surface area (Å²) in [5, 5.41) is 3.26. The predicted molar refractivity (Wildman–Crippen MR) is 61.2 cm³/mol. The SMILES string of the molecule is C#CCNC(C)Cc1ccc(C)cc1. The molecule has 0 amide bonds. The van der Waals surface area contributed by atoms with Gasteiger partial charge in [-0.15, -0.1) is 6.42 Å². The van der Waals surface area contributed by atoms with Crippen molar-refractivity contribution in [1.82, 2.24) is 5.32 Å². The smallest absolute Gasteiger partial charge is 0.0575 e. The number of hydrogen-bond acceptors (Lipinski definition) is 1. The summed E-state index contributed by atoms with van der Waals surface area (Å²) in [6, 6.07) is 9.06. The van der Waals surface area contributed by atoms with Gasteiger partial charge in [0, 0.05) is 6.04 Å². The van der Waals surface area contributed by atoms with Gasteiger partial charge in [-0.05, 0) is 25.8 Å². The van der Waals surface area contributed by atoms with Gasteiger partial charge < -0.3 is 5.32 Å². The van der Waals surface area contributed by atoms with E-state index in [1.54, 1.807) is 0 Å². The van der Waals surface area contributed by atoms with Crippen molar-refractivity contribution in [2.45, 2.75) is 26.3 Å². The third-order valence-corrected chi connectivity index (χ3v) is 2.22. The van der Waals surface area contributed by atoms with Crippen LogP contribution in [0.3, 0.4) is 0 Å². The first kappa shape index (κ1) is 10.8. The molecule has 0 bridgehead atoms. The zero-order chi connectivity index (χ0) is 10.4. The molecule has 1 N–H and O–H groups in total. The van der Waals surface area contributed by atoms with Crippen molar-refractivity contribution >= 4 is 0 Å². The molecule has 1 nitrogen and oxygen atoms in total. The molecule has 0 heterocycles. The van der Waals surface area contributed by atoms with Crippen LogP contribution in [0.5, 0.6) is 0 Å². The summed E-state index contributed by atoms with van der Waals surface area (Å²) >= 11 is 0. The Bertz CT molecular complexity index is 305. The van der Waals surface area contributed by atoms with Gasteiger partial charge in [-0.25, -0.2) is 0 Å². The van der Waals surface area contributed by atoms with Crippen molar-refractivity contribution in [1.29, 1.82) is 0 Å². The van der Waals surface area contributed by atoms with Crippen molar-refractivity contribution in [2.75, 3.05) is 6.54 Å². The zero-order valence-corrected chi connectivity index (χ0v) is 8.88. The van der Waals surface area contributed by atoms with Crippen molar-refractivity contribution in [2.24, 2.45) is 0 Å². The minimum absolute atomic E-state index is 0.439. The van der Waals surface area contributed by atoms with E-state index < -0.39 is 0 Å². The maximum atomic E-state index is 5.18. The highest BCUT2D eigenvalue weighted by Crippen LogP contribution is 2.05. The van der Waals surface area contributed by atoms with Crippen LogP contribution in [0.2, 0.25) is 0 Å². The molecule has 0 spiro atoms. The Morgan fingerprint density at radius 2 is 2.00 bits per heavy atom. The minimum Gasteiger partial charge on any atom is -0.303 e. The predicted octanol–water partition coefficient (Wildman–Crippen LogP) is 2.15. The van der Waals surface area contributed by atoms with Crippen LogP contribution in [-0.2, 0) is 6.42 Å². The Hall–Kier alpha value is -1.26. The molecular weight excluding hydrogens is 170 g/mol. The largest absolute Gasteiger partial charge is 0.303 e. The first-order valence-electron chi connectivity index (χ1n) is 4.94. The lowest BCUT2D eigenvalue weighted by molar-refractivity contribution is 0.585. The van der Waals surface area contributed by atoms with Gasteiger partial charge in [-0.1, -0.05) is 35.7 Å². The van der Waals surface area contributed by atoms with Gasteiger partial charge >= 0.3 is 0 Å². The van der Waals surface area contributed by atoms with Crippen LogP contribution in [0.15, 0.2) is 24.3 Å². The molecule has 0 aliphatic rings. The number of benzene rings is 1. The molecule has 14 heavy (non-hydrogen) atoms. The average Bonchev–Trinajstić information content (AvgIpc) is 2.18. The van der Waals surface area contributed by atoms with Crippen molar-refractivity contribution in [3.05, 3.63) is 35.4 Å². The monoisotopic (exact) mass is 187 g/mol. The van der Waals surface area contributed by atoms with Crippen LogP contribution in [0, 0.1) is 19.3 Å². The molecule has 0 aromatic heterocycles. The molecule has 0 saturated carbocycles. The average molecular weight is 187 g/mol. The van der Waals surface area contributed by atoms with E-state index in [0.29, 0.717) is 12.6 Å². The first-order valence-corrected chi connectivity index (χ1v) is 4.94. The number of aryl methyl sites for hydroxylation is 1.